The molecule has 0 aromatic carbocycles. The van der Waals surface area contributed by atoms with Crippen molar-refractivity contribution in [3.63, 3.8) is 0 Å². The Hall–Kier alpha value is -1.10. The summed E-state index contributed by atoms with van der Waals surface area (Å²) >= 11 is 0. The maximum Gasteiger partial charge on any atom is 0.306 e. The number of esters is 1. The monoisotopic (exact) mass is 259 g/mol. The van der Waals surface area contributed by atoms with E-state index in [0.29, 0.717) is 6.61 Å². The van der Waals surface area contributed by atoms with Crippen molar-refractivity contribution in [3.8, 4) is 0 Å². The van der Waals surface area contributed by atoms with Crippen LogP contribution < -0.4 is 5.32 Å². The number of carbonyl (C=O) groups excluding carboxylic acids is 2. The molecule has 1 atom stereocenters. The molecular formula is C13H25NO4. The molecule has 5 nitrogen and oxygen atoms in total. The van der Waals surface area contributed by atoms with Gasteiger partial charge in [0.1, 0.15) is 0 Å². The summed E-state index contributed by atoms with van der Waals surface area (Å²) in [6.45, 7) is 6.33. The number of hydrogen-bond donors (Lipinski definition) is 2. The van der Waals surface area contributed by atoms with E-state index in [0.717, 1.165) is 12.8 Å². The first-order chi connectivity index (χ1) is 8.54. The lowest BCUT2D eigenvalue weighted by Gasteiger charge is -2.20. The molecule has 0 radical (unpaired) electrons. The highest BCUT2D eigenvalue weighted by Crippen LogP contribution is 2.12. The van der Waals surface area contributed by atoms with Gasteiger partial charge in [0.2, 0.25) is 5.91 Å². The molecule has 0 fully saturated rings. The minimum atomic E-state index is -0.522. The first-order valence-electron chi connectivity index (χ1n) is 6.65. The third kappa shape index (κ3) is 7.27. The standard InChI is InChI=1S/C13H25NO4/c1-4-10(5-2)11(15)9-14-12(16)7-8-13(17)18-6-3/h10-11,15H,4-9H2,1-3H3,(H,14,16). The lowest BCUT2D eigenvalue weighted by Crippen LogP contribution is -2.36. The van der Waals surface area contributed by atoms with E-state index in [2.05, 4.69) is 5.32 Å². The first-order valence-corrected chi connectivity index (χ1v) is 6.65. The average Bonchev–Trinajstić information content (AvgIpc) is 2.35. The van der Waals surface area contributed by atoms with Crippen LogP contribution >= 0.6 is 0 Å². The van der Waals surface area contributed by atoms with Gasteiger partial charge in [0.25, 0.3) is 0 Å². The Bertz CT molecular complexity index is 251. The predicted molar refractivity (Wildman–Crippen MR) is 69.0 cm³/mol. The second kappa shape index (κ2) is 9.88. The highest BCUT2D eigenvalue weighted by atomic mass is 16.5. The topological polar surface area (TPSA) is 75.6 Å². The van der Waals surface area contributed by atoms with Gasteiger partial charge in [0.15, 0.2) is 0 Å². The molecule has 1 amide bonds. The summed E-state index contributed by atoms with van der Waals surface area (Å²) in [5.74, 6) is -0.392. The SMILES string of the molecule is CCOC(=O)CCC(=O)NCC(O)C(CC)CC. The summed E-state index contributed by atoms with van der Waals surface area (Å²) in [5, 5.41) is 12.4. The van der Waals surface area contributed by atoms with E-state index < -0.39 is 6.10 Å². The molecule has 0 aromatic rings. The first kappa shape index (κ1) is 16.9. The number of aliphatic hydroxyl groups excluding tert-OH is 1. The van der Waals surface area contributed by atoms with Gasteiger partial charge < -0.3 is 15.2 Å². The van der Waals surface area contributed by atoms with Crippen LogP contribution in [0.5, 0.6) is 0 Å². The van der Waals surface area contributed by atoms with Gasteiger partial charge in [0.05, 0.1) is 19.1 Å². The summed E-state index contributed by atoms with van der Waals surface area (Å²) in [5.41, 5.74) is 0. The molecule has 0 aliphatic heterocycles. The number of carbonyl (C=O) groups is 2. The van der Waals surface area contributed by atoms with Crippen molar-refractivity contribution < 1.29 is 19.4 Å². The molecule has 0 aliphatic rings. The number of aliphatic hydroxyl groups is 1. The molecule has 0 saturated heterocycles. The van der Waals surface area contributed by atoms with E-state index in [4.69, 9.17) is 4.74 Å². The van der Waals surface area contributed by atoms with Crippen LogP contribution in [0.4, 0.5) is 0 Å². The molecule has 2 N–H and O–H groups in total. The highest BCUT2D eigenvalue weighted by Gasteiger charge is 2.16. The Labute approximate surface area is 109 Å². The van der Waals surface area contributed by atoms with Crippen LogP contribution in [0.25, 0.3) is 0 Å². The van der Waals surface area contributed by atoms with Gasteiger partial charge in [-0.05, 0) is 12.8 Å². The van der Waals surface area contributed by atoms with E-state index >= 15 is 0 Å². The minimum Gasteiger partial charge on any atom is -0.466 e. The Morgan fingerprint density at radius 3 is 2.28 bits per heavy atom. The molecule has 106 valence electrons. The highest BCUT2D eigenvalue weighted by molar-refractivity contribution is 5.81. The Balaban J connectivity index is 3.79. The van der Waals surface area contributed by atoms with Crippen molar-refractivity contribution in [2.75, 3.05) is 13.2 Å². The summed E-state index contributed by atoms with van der Waals surface area (Å²) in [6.07, 6.45) is 1.44. The van der Waals surface area contributed by atoms with E-state index in [9.17, 15) is 14.7 Å². The molecule has 5 heteroatoms. The molecule has 0 aliphatic carbocycles. The maximum atomic E-state index is 11.4. The van der Waals surface area contributed by atoms with E-state index in [-0.39, 0.29) is 37.2 Å². The van der Waals surface area contributed by atoms with Crippen LogP contribution in [-0.2, 0) is 14.3 Å². The molecule has 0 heterocycles. The summed E-state index contributed by atoms with van der Waals surface area (Å²) in [7, 11) is 0. The fourth-order valence-electron chi connectivity index (χ4n) is 1.76. The Morgan fingerprint density at radius 2 is 1.78 bits per heavy atom. The number of amides is 1. The number of hydrogen-bond acceptors (Lipinski definition) is 4. The molecule has 0 aromatic heterocycles. The largest absolute Gasteiger partial charge is 0.466 e. The quantitative estimate of drug-likeness (QED) is 0.611. The van der Waals surface area contributed by atoms with Gasteiger partial charge in [0, 0.05) is 13.0 Å². The molecule has 18 heavy (non-hydrogen) atoms. The zero-order chi connectivity index (χ0) is 14.0. The van der Waals surface area contributed by atoms with Crippen molar-refractivity contribution >= 4 is 11.9 Å². The smallest absolute Gasteiger partial charge is 0.306 e. The van der Waals surface area contributed by atoms with Crippen molar-refractivity contribution in [2.45, 2.75) is 52.6 Å². The van der Waals surface area contributed by atoms with E-state index in [1.165, 1.54) is 0 Å². The van der Waals surface area contributed by atoms with Crippen molar-refractivity contribution in [2.24, 2.45) is 5.92 Å². The van der Waals surface area contributed by atoms with Crippen LogP contribution in [0.2, 0.25) is 0 Å². The van der Waals surface area contributed by atoms with Gasteiger partial charge in [-0.2, -0.15) is 0 Å². The minimum absolute atomic E-state index is 0.0841. The second-order valence-electron chi connectivity index (χ2n) is 4.25. The second-order valence-corrected chi connectivity index (χ2v) is 4.25. The molecule has 0 rings (SSSR count). The maximum absolute atomic E-state index is 11.4. The molecule has 0 bridgehead atoms. The van der Waals surface area contributed by atoms with E-state index in [1.807, 2.05) is 13.8 Å². The van der Waals surface area contributed by atoms with Crippen molar-refractivity contribution in [1.29, 1.82) is 0 Å². The number of ether oxygens (including phenoxy) is 1. The summed E-state index contributed by atoms with van der Waals surface area (Å²) < 4.78 is 4.72. The van der Waals surface area contributed by atoms with Crippen LogP contribution in [0.1, 0.15) is 46.5 Å². The summed E-state index contributed by atoms with van der Waals surface area (Å²) in [4.78, 5) is 22.5. The van der Waals surface area contributed by atoms with Crippen LogP contribution in [-0.4, -0.2) is 36.2 Å². The molecule has 0 spiro atoms. The van der Waals surface area contributed by atoms with Crippen molar-refractivity contribution in [3.05, 3.63) is 0 Å². The summed E-state index contributed by atoms with van der Waals surface area (Å²) in [6, 6.07) is 0. The fraction of sp³-hybridized carbons (Fsp3) is 0.846. The third-order valence-electron chi connectivity index (χ3n) is 2.96. The van der Waals surface area contributed by atoms with Crippen LogP contribution in [0, 0.1) is 5.92 Å². The normalized spacial score (nSPS) is 12.3. The Morgan fingerprint density at radius 1 is 1.17 bits per heavy atom. The number of rotatable bonds is 9. The lowest BCUT2D eigenvalue weighted by molar-refractivity contribution is -0.144. The zero-order valence-electron chi connectivity index (χ0n) is 11.6. The van der Waals surface area contributed by atoms with Crippen molar-refractivity contribution in [1.82, 2.24) is 5.32 Å². The lowest BCUT2D eigenvalue weighted by atomic mass is 9.96. The third-order valence-corrected chi connectivity index (χ3v) is 2.96. The number of nitrogens with one attached hydrogen (secondary N) is 1. The van der Waals surface area contributed by atoms with Gasteiger partial charge in [-0.15, -0.1) is 0 Å². The van der Waals surface area contributed by atoms with Crippen LogP contribution in [0.15, 0.2) is 0 Å². The van der Waals surface area contributed by atoms with Gasteiger partial charge in [-0.1, -0.05) is 26.7 Å². The zero-order valence-corrected chi connectivity index (χ0v) is 11.6. The predicted octanol–water partition coefficient (Wildman–Crippen LogP) is 1.24. The van der Waals surface area contributed by atoms with Crippen LogP contribution in [0.3, 0.4) is 0 Å². The van der Waals surface area contributed by atoms with E-state index in [1.54, 1.807) is 6.92 Å². The molecule has 0 saturated carbocycles. The van der Waals surface area contributed by atoms with Gasteiger partial charge in [-0.25, -0.2) is 0 Å². The fourth-order valence-corrected chi connectivity index (χ4v) is 1.76. The Kier molecular flexibility index (Phi) is 9.28. The van der Waals surface area contributed by atoms with Gasteiger partial charge in [-0.3, -0.25) is 9.59 Å². The average molecular weight is 259 g/mol. The molecular weight excluding hydrogens is 234 g/mol. The van der Waals surface area contributed by atoms with Gasteiger partial charge >= 0.3 is 5.97 Å². The molecule has 1 unspecified atom stereocenters.